The van der Waals surface area contributed by atoms with Crippen LogP contribution in [0.25, 0.3) is 11.1 Å². The van der Waals surface area contributed by atoms with Gasteiger partial charge in [-0.2, -0.15) is 0 Å². The van der Waals surface area contributed by atoms with Gasteiger partial charge in [-0.1, -0.05) is 6.07 Å². The van der Waals surface area contributed by atoms with Crippen molar-refractivity contribution in [3.05, 3.63) is 30.2 Å². The highest BCUT2D eigenvalue weighted by atomic mass is 16.4. The van der Waals surface area contributed by atoms with E-state index in [-0.39, 0.29) is 11.8 Å². The van der Waals surface area contributed by atoms with Gasteiger partial charge in [0.1, 0.15) is 5.52 Å². The molecule has 1 saturated carbocycles. The largest absolute Gasteiger partial charge is 0.481 e. The average Bonchev–Trinajstić information content (AvgIpc) is 2.98. The molecule has 1 aliphatic carbocycles. The van der Waals surface area contributed by atoms with E-state index in [0.29, 0.717) is 0 Å². The first-order valence-corrected chi connectivity index (χ1v) is 5.99. The molecule has 3 rings (SSSR count). The molecule has 94 valence electrons. The third-order valence-electron chi connectivity index (χ3n) is 3.37. The lowest BCUT2D eigenvalue weighted by Crippen LogP contribution is -2.18. The van der Waals surface area contributed by atoms with Gasteiger partial charge in [0, 0.05) is 6.54 Å². The van der Waals surface area contributed by atoms with Crippen LogP contribution in [0.4, 0.5) is 0 Å². The number of hydrogen-bond donors (Lipinski definition) is 2. The predicted molar refractivity (Wildman–Crippen MR) is 64.9 cm³/mol. The molecule has 0 bridgehead atoms. The molecule has 1 aromatic carbocycles. The maximum absolute atomic E-state index is 10.7. The third-order valence-corrected chi connectivity index (χ3v) is 3.37. The number of aliphatic carboxylic acids is 1. The molecule has 5 nitrogen and oxygen atoms in total. The number of carbonyl (C=O) groups is 1. The summed E-state index contributed by atoms with van der Waals surface area (Å²) in [5.41, 5.74) is 2.75. The Morgan fingerprint density at radius 3 is 3.22 bits per heavy atom. The molecule has 2 atom stereocenters. The zero-order valence-electron chi connectivity index (χ0n) is 9.80. The monoisotopic (exact) mass is 246 g/mol. The molecule has 2 N–H and O–H groups in total. The quantitative estimate of drug-likeness (QED) is 0.838. The Morgan fingerprint density at radius 2 is 2.44 bits per heavy atom. The fourth-order valence-electron chi connectivity index (χ4n) is 2.19. The van der Waals surface area contributed by atoms with Crippen LogP contribution in [0.2, 0.25) is 0 Å². The molecular formula is C13H14N2O3. The van der Waals surface area contributed by atoms with Gasteiger partial charge in [0.25, 0.3) is 0 Å². The average molecular weight is 246 g/mol. The predicted octanol–water partition coefficient (Wildman–Crippen LogP) is 1.64. The van der Waals surface area contributed by atoms with E-state index in [1.54, 1.807) is 0 Å². The van der Waals surface area contributed by atoms with Crippen molar-refractivity contribution in [1.82, 2.24) is 10.3 Å². The van der Waals surface area contributed by atoms with Crippen molar-refractivity contribution in [3.8, 4) is 0 Å². The number of fused-ring (bicyclic) bond motifs is 1. The van der Waals surface area contributed by atoms with E-state index in [4.69, 9.17) is 9.52 Å². The van der Waals surface area contributed by atoms with Crippen LogP contribution in [0.5, 0.6) is 0 Å². The molecule has 5 heteroatoms. The van der Waals surface area contributed by atoms with Crippen molar-refractivity contribution in [1.29, 1.82) is 0 Å². The zero-order valence-corrected chi connectivity index (χ0v) is 9.80. The Balaban J connectivity index is 1.52. The number of benzene rings is 1. The maximum atomic E-state index is 10.7. The van der Waals surface area contributed by atoms with Crippen LogP contribution in [0.1, 0.15) is 12.0 Å². The summed E-state index contributed by atoms with van der Waals surface area (Å²) in [5, 5.41) is 12.1. The van der Waals surface area contributed by atoms with Crippen molar-refractivity contribution >= 4 is 17.1 Å². The Bertz CT molecular complexity index is 578. The van der Waals surface area contributed by atoms with E-state index in [1.807, 2.05) is 18.2 Å². The summed E-state index contributed by atoms with van der Waals surface area (Å²) in [6.07, 6.45) is 2.23. The van der Waals surface area contributed by atoms with E-state index in [1.165, 1.54) is 6.39 Å². The first-order chi connectivity index (χ1) is 8.74. The number of oxazole rings is 1. The molecule has 18 heavy (non-hydrogen) atoms. The topological polar surface area (TPSA) is 75.4 Å². The van der Waals surface area contributed by atoms with Gasteiger partial charge < -0.3 is 14.8 Å². The maximum Gasteiger partial charge on any atom is 0.306 e. The summed E-state index contributed by atoms with van der Waals surface area (Å²) < 4.78 is 5.23. The minimum atomic E-state index is -0.676. The molecule has 0 radical (unpaired) electrons. The Hall–Kier alpha value is -1.88. The second kappa shape index (κ2) is 4.42. The highest BCUT2D eigenvalue weighted by Gasteiger charge is 2.42. The van der Waals surface area contributed by atoms with Gasteiger partial charge in [-0.05, 0) is 36.6 Å². The lowest BCUT2D eigenvalue weighted by molar-refractivity contribution is -0.138. The van der Waals surface area contributed by atoms with Crippen LogP contribution in [-0.4, -0.2) is 22.6 Å². The van der Waals surface area contributed by atoms with Crippen LogP contribution in [0.3, 0.4) is 0 Å². The lowest BCUT2D eigenvalue weighted by atomic mass is 10.2. The summed E-state index contributed by atoms with van der Waals surface area (Å²) in [4.78, 5) is 14.7. The summed E-state index contributed by atoms with van der Waals surface area (Å²) in [6.45, 7) is 1.48. The Kier molecular flexibility index (Phi) is 2.76. The fraction of sp³-hybridized carbons (Fsp3) is 0.385. The highest BCUT2D eigenvalue weighted by molar-refractivity contribution is 5.73. The van der Waals surface area contributed by atoms with Gasteiger partial charge in [-0.25, -0.2) is 4.98 Å². The molecular weight excluding hydrogens is 232 g/mol. The molecule has 1 fully saturated rings. The van der Waals surface area contributed by atoms with Crippen LogP contribution in [0, 0.1) is 11.8 Å². The van der Waals surface area contributed by atoms with Gasteiger partial charge in [-0.3, -0.25) is 4.79 Å². The van der Waals surface area contributed by atoms with Crippen LogP contribution in [-0.2, 0) is 11.3 Å². The number of rotatable bonds is 5. The van der Waals surface area contributed by atoms with Gasteiger partial charge in [0.05, 0.1) is 5.92 Å². The molecule has 0 saturated heterocycles. The standard InChI is InChI=1S/C13H14N2O3/c16-13(17)10-4-9(10)6-14-5-8-1-2-11-12(3-8)18-7-15-11/h1-3,7,9-10,14H,4-6H2,(H,16,17). The summed E-state index contributed by atoms with van der Waals surface area (Å²) in [7, 11) is 0. The van der Waals surface area contributed by atoms with Crippen LogP contribution in [0.15, 0.2) is 29.0 Å². The number of nitrogens with one attached hydrogen (secondary N) is 1. The summed E-state index contributed by atoms with van der Waals surface area (Å²) in [5.74, 6) is -0.532. The summed E-state index contributed by atoms with van der Waals surface area (Å²) in [6, 6.07) is 5.88. The van der Waals surface area contributed by atoms with Crippen LogP contribution >= 0.6 is 0 Å². The molecule has 2 unspecified atom stereocenters. The lowest BCUT2D eigenvalue weighted by Gasteiger charge is -2.03. The van der Waals surface area contributed by atoms with Crippen molar-refractivity contribution < 1.29 is 14.3 Å². The molecule has 1 heterocycles. The number of aromatic nitrogens is 1. The minimum Gasteiger partial charge on any atom is -0.481 e. The molecule has 0 amide bonds. The zero-order chi connectivity index (χ0) is 12.5. The summed E-state index contributed by atoms with van der Waals surface area (Å²) >= 11 is 0. The van der Waals surface area contributed by atoms with E-state index in [2.05, 4.69) is 10.3 Å². The second-order valence-electron chi connectivity index (χ2n) is 4.73. The number of carboxylic acids is 1. The molecule has 0 spiro atoms. The first kappa shape index (κ1) is 11.2. The van der Waals surface area contributed by atoms with E-state index < -0.39 is 5.97 Å². The van der Waals surface area contributed by atoms with Gasteiger partial charge in [-0.15, -0.1) is 0 Å². The Morgan fingerprint density at radius 1 is 1.56 bits per heavy atom. The molecule has 0 aliphatic heterocycles. The van der Waals surface area contributed by atoms with Crippen molar-refractivity contribution in [2.75, 3.05) is 6.54 Å². The molecule has 1 aromatic heterocycles. The van der Waals surface area contributed by atoms with Gasteiger partial charge >= 0.3 is 5.97 Å². The van der Waals surface area contributed by atoms with Gasteiger partial charge in [0.15, 0.2) is 12.0 Å². The van der Waals surface area contributed by atoms with Crippen molar-refractivity contribution in [2.45, 2.75) is 13.0 Å². The van der Waals surface area contributed by atoms with Gasteiger partial charge in [0.2, 0.25) is 0 Å². The minimum absolute atomic E-state index is 0.144. The molecule has 1 aliphatic rings. The number of carboxylic acid groups (broad SMARTS) is 1. The smallest absolute Gasteiger partial charge is 0.306 e. The Labute approximate surface area is 104 Å². The number of hydrogen-bond acceptors (Lipinski definition) is 4. The van der Waals surface area contributed by atoms with Crippen molar-refractivity contribution in [3.63, 3.8) is 0 Å². The van der Waals surface area contributed by atoms with Crippen LogP contribution < -0.4 is 5.32 Å². The molecule has 2 aromatic rings. The first-order valence-electron chi connectivity index (χ1n) is 5.99. The third kappa shape index (κ3) is 2.22. The SMILES string of the molecule is O=C(O)C1CC1CNCc1ccc2ncoc2c1. The van der Waals surface area contributed by atoms with E-state index >= 15 is 0 Å². The van der Waals surface area contributed by atoms with E-state index in [9.17, 15) is 4.79 Å². The fourth-order valence-corrected chi connectivity index (χ4v) is 2.19. The van der Waals surface area contributed by atoms with E-state index in [0.717, 1.165) is 36.2 Å². The second-order valence-corrected chi connectivity index (χ2v) is 4.73. The number of nitrogens with zero attached hydrogens (tertiary/aromatic N) is 1. The normalized spacial score (nSPS) is 22.2. The van der Waals surface area contributed by atoms with Crippen molar-refractivity contribution in [2.24, 2.45) is 11.8 Å². The highest BCUT2D eigenvalue weighted by Crippen LogP contribution is 2.37.